The van der Waals surface area contributed by atoms with Gasteiger partial charge in [0.15, 0.2) is 0 Å². The SMILES string of the molecule is CCC(=O)Oc1ccc(C#Cc2ccccc2C)cc1. The molecule has 0 saturated heterocycles. The second-order valence-electron chi connectivity index (χ2n) is 4.42. The van der Waals surface area contributed by atoms with Gasteiger partial charge in [0.1, 0.15) is 5.75 Å². The second kappa shape index (κ2) is 6.58. The fourth-order valence-corrected chi connectivity index (χ4v) is 1.66. The Kier molecular flexibility index (Phi) is 4.57. The Labute approximate surface area is 119 Å². The third kappa shape index (κ3) is 3.73. The van der Waals surface area contributed by atoms with Crippen molar-refractivity contribution in [3.63, 3.8) is 0 Å². The van der Waals surface area contributed by atoms with Crippen molar-refractivity contribution in [2.45, 2.75) is 20.3 Å². The molecular formula is C18H16O2. The van der Waals surface area contributed by atoms with Gasteiger partial charge < -0.3 is 4.74 Å². The molecule has 0 spiro atoms. The molecule has 0 unspecified atom stereocenters. The number of carbonyl (C=O) groups excluding carboxylic acids is 1. The number of ether oxygens (including phenoxy) is 1. The molecular weight excluding hydrogens is 248 g/mol. The fourth-order valence-electron chi connectivity index (χ4n) is 1.66. The van der Waals surface area contributed by atoms with Crippen molar-refractivity contribution in [2.75, 3.05) is 0 Å². The quantitative estimate of drug-likeness (QED) is 0.469. The maximum atomic E-state index is 11.2. The van der Waals surface area contributed by atoms with Crippen LogP contribution in [0.1, 0.15) is 30.0 Å². The van der Waals surface area contributed by atoms with E-state index in [2.05, 4.69) is 11.8 Å². The van der Waals surface area contributed by atoms with Crippen molar-refractivity contribution in [3.8, 4) is 17.6 Å². The third-order valence-electron chi connectivity index (χ3n) is 2.86. The number of hydrogen-bond acceptors (Lipinski definition) is 2. The van der Waals surface area contributed by atoms with Crippen LogP contribution in [0, 0.1) is 18.8 Å². The first-order chi connectivity index (χ1) is 9.69. The molecule has 0 N–H and O–H groups in total. The Balaban J connectivity index is 2.12. The molecule has 100 valence electrons. The highest BCUT2D eigenvalue weighted by molar-refractivity contribution is 5.71. The molecule has 0 aromatic heterocycles. The lowest BCUT2D eigenvalue weighted by Crippen LogP contribution is -2.05. The van der Waals surface area contributed by atoms with Gasteiger partial charge in [0.05, 0.1) is 0 Å². The molecule has 0 radical (unpaired) electrons. The zero-order valence-electron chi connectivity index (χ0n) is 11.6. The third-order valence-corrected chi connectivity index (χ3v) is 2.86. The van der Waals surface area contributed by atoms with E-state index in [0.717, 1.165) is 16.7 Å². The summed E-state index contributed by atoms with van der Waals surface area (Å²) in [5.74, 6) is 6.57. The molecule has 0 aliphatic heterocycles. The zero-order chi connectivity index (χ0) is 14.4. The summed E-state index contributed by atoms with van der Waals surface area (Å²) in [6.45, 7) is 3.81. The first-order valence-electron chi connectivity index (χ1n) is 6.57. The molecule has 0 aliphatic rings. The van der Waals surface area contributed by atoms with E-state index >= 15 is 0 Å². The topological polar surface area (TPSA) is 26.3 Å². The van der Waals surface area contributed by atoms with Crippen LogP contribution >= 0.6 is 0 Å². The first kappa shape index (κ1) is 13.9. The molecule has 0 atom stereocenters. The van der Waals surface area contributed by atoms with E-state index in [4.69, 9.17) is 4.74 Å². The molecule has 2 nitrogen and oxygen atoms in total. The maximum absolute atomic E-state index is 11.2. The normalized spacial score (nSPS) is 9.50. The largest absolute Gasteiger partial charge is 0.427 e. The number of aryl methyl sites for hydroxylation is 1. The standard InChI is InChI=1S/C18H16O2/c1-3-18(19)20-17-12-9-15(10-13-17)8-11-16-7-5-4-6-14(16)2/h4-7,9-10,12-13H,3H2,1-2H3. The van der Waals surface area contributed by atoms with Gasteiger partial charge in [0.2, 0.25) is 0 Å². The summed E-state index contributed by atoms with van der Waals surface area (Å²) in [4.78, 5) is 11.2. The molecule has 2 aromatic carbocycles. The molecule has 0 bridgehead atoms. The molecule has 2 heteroatoms. The van der Waals surface area contributed by atoms with Gasteiger partial charge in [-0.05, 0) is 42.8 Å². The summed E-state index contributed by atoms with van der Waals surface area (Å²) in [6, 6.07) is 15.2. The summed E-state index contributed by atoms with van der Waals surface area (Å²) in [5.41, 5.74) is 3.08. The Morgan fingerprint density at radius 3 is 2.40 bits per heavy atom. The zero-order valence-corrected chi connectivity index (χ0v) is 11.6. The van der Waals surface area contributed by atoms with Crippen molar-refractivity contribution in [2.24, 2.45) is 0 Å². The first-order valence-corrected chi connectivity index (χ1v) is 6.57. The number of benzene rings is 2. The van der Waals surface area contributed by atoms with E-state index in [0.29, 0.717) is 12.2 Å². The predicted molar refractivity (Wildman–Crippen MR) is 79.5 cm³/mol. The van der Waals surface area contributed by atoms with Gasteiger partial charge >= 0.3 is 5.97 Å². The van der Waals surface area contributed by atoms with Gasteiger partial charge in [-0.25, -0.2) is 0 Å². The summed E-state index contributed by atoms with van der Waals surface area (Å²) in [7, 11) is 0. The smallest absolute Gasteiger partial charge is 0.310 e. The monoisotopic (exact) mass is 264 g/mol. The van der Waals surface area contributed by atoms with E-state index in [9.17, 15) is 4.79 Å². The van der Waals surface area contributed by atoms with Crippen LogP contribution in [0.25, 0.3) is 0 Å². The molecule has 2 aromatic rings. The highest BCUT2D eigenvalue weighted by atomic mass is 16.5. The number of rotatable bonds is 2. The minimum absolute atomic E-state index is 0.233. The lowest BCUT2D eigenvalue weighted by atomic mass is 10.1. The maximum Gasteiger partial charge on any atom is 0.310 e. The Morgan fingerprint density at radius 2 is 1.75 bits per heavy atom. The Morgan fingerprint density at radius 1 is 1.05 bits per heavy atom. The molecule has 20 heavy (non-hydrogen) atoms. The van der Waals surface area contributed by atoms with Crippen LogP contribution in [-0.2, 0) is 4.79 Å². The summed E-state index contributed by atoms with van der Waals surface area (Å²) >= 11 is 0. The molecule has 0 aliphatic carbocycles. The van der Waals surface area contributed by atoms with Crippen LogP contribution in [0.2, 0.25) is 0 Å². The van der Waals surface area contributed by atoms with Crippen molar-refractivity contribution in [3.05, 3.63) is 65.2 Å². The van der Waals surface area contributed by atoms with Crippen LogP contribution in [-0.4, -0.2) is 5.97 Å². The summed E-state index contributed by atoms with van der Waals surface area (Å²) in [6.07, 6.45) is 0.370. The van der Waals surface area contributed by atoms with Crippen LogP contribution < -0.4 is 4.74 Å². The highest BCUT2D eigenvalue weighted by Gasteiger charge is 2.00. The van der Waals surface area contributed by atoms with E-state index in [1.165, 1.54) is 0 Å². The average molecular weight is 264 g/mol. The lowest BCUT2D eigenvalue weighted by Gasteiger charge is -2.01. The predicted octanol–water partition coefficient (Wildman–Crippen LogP) is 3.71. The van der Waals surface area contributed by atoms with E-state index in [1.54, 1.807) is 19.1 Å². The van der Waals surface area contributed by atoms with E-state index in [1.807, 2.05) is 43.3 Å². The van der Waals surface area contributed by atoms with Gasteiger partial charge in [-0.3, -0.25) is 4.79 Å². The van der Waals surface area contributed by atoms with Crippen molar-refractivity contribution in [1.29, 1.82) is 0 Å². The minimum Gasteiger partial charge on any atom is -0.427 e. The van der Waals surface area contributed by atoms with Crippen molar-refractivity contribution in [1.82, 2.24) is 0 Å². The van der Waals surface area contributed by atoms with Crippen molar-refractivity contribution >= 4 is 5.97 Å². The van der Waals surface area contributed by atoms with Gasteiger partial charge in [-0.15, -0.1) is 0 Å². The molecule has 0 fully saturated rings. The summed E-state index contributed by atoms with van der Waals surface area (Å²) < 4.78 is 5.11. The second-order valence-corrected chi connectivity index (χ2v) is 4.42. The van der Waals surface area contributed by atoms with Crippen LogP contribution in [0.4, 0.5) is 0 Å². The Bertz CT molecular complexity index is 658. The fraction of sp³-hybridized carbons (Fsp3) is 0.167. The molecule has 0 amide bonds. The number of hydrogen-bond donors (Lipinski definition) is 0. The van der Waals surface area contributed by atoms with Crippen LogP contribution in [0.3, 0.4) is 0 Å². The van der Waals surface area contributed by atoms with E-state index in [-0.39, 0.29) is 5.97 Å². The lowest BCUT2D eigenvalue weighted by molar-refractivity contribution is -0.134. The highest BCUT2D eigenvalue weighted by Crippen LogP contribution is 2.12. The Hall–Kier alpha value is -2.53. The van der Waals surface area contributed by atoms with Crippen LogP contribution in [0.15, 0.2) is 48.5 Å². The van der Waals surface area contributed by atoms with Gasteiger partial charge in [-0.1, -0.05) is 37.0 Å². The van der Waals surface area contributed by atoms with Gasteiger partial charge in [0.25, 0.3) is 0 Å². The molecule has 0 heterocycles. The van der Waals surface area contributed by atoms with E-state index < -0.39 is 0 Å². The molecule has 2 rings (SSSR count). The number of carbonyl (C=O) groups is 1. The van der Waals surface area contributed by atoms with Crippen LogP contribution in [0.5, 0.6) is 5.75 Å². The molecule has 0 saturated carbocycles. The van der Waals surface area contributed by atoms with Crippen molar-refractivity contribution < 1.29 is 9.53 Å². The number of esters is 1. The van der Waals surface area contributed by atoms with Gasteiger partial charge in [-0.2, -0.15) is 0 Å². The summed E-state index contributed by atoms with van der Waals surface area (Å²) in [5, 5.41) is 0. The van der Waals surface area contributed by atoms with Gasteiger partial charge in [0, 0.05) is 17.5 Å². The minimum atomic E-state index is -0.233. The average Bonchev–Trinajstić information content (AvgIpc) is 2.48.